The van der Waals surface area contributed by atoms with E-state index < -0.39 is 0 Å². The average molecular weight is 311 g/mol. The minimum atomic E-state index is -0.351. The number of pyridine rings is 1. The molecule has 0 unspecified atom stereocenters. The van der Waals surface area contributed by atoms with Crippen LogP contribution in [0.1, 0.15) is 11.4 Å². The molecule has 5 heteroatoms. The highest BCUT2D eigenvalue weighted by molar-refractivity contribution is 9.10. The third kappa shape index (κ3) is 3.27. The molecule has 18 heavy (non-hydrogen) atoms. The second kappa shape index (κ2) is 5.93. The molecule has 0 aliphatic heterocycles. The number of nitrogens with two attached hydrogens (primary N) is 1. The van der Waals surface area contributed by atoms with E-state index >= 15 is 0 Å². The van der Waals surface area contributed by atoms with Crippen LogP contribution in [0.5, 0.6) is 5.75 Å². The van der Waals surface area contributed by atoms with E-state index in [1.165, 1.54) is 6.07 Å². The van der Waals surface area contributed by atoms with Crippen LogP contribution in [0.4, 0.5) is 4.39 Å². The van der Waals surface area contributed by atoms with Crippen molar-refractivity contribution in [2.24, 2.45) is 5.73 Å². The Kier molecular flexibility index (Phi) is 4.28. The predicted octanol–water partition coefficient (Wildman–Crippen LogP) is 3.02. The first-order valence-electron chi connectivity index (χ1n) is 5.42. The zero-order valence-electron chi connectivity index (χ0n) is 9.57. The molecule has 0 radical (unpaired) electrons. The maximum absolute atomic E-state index is 13.3. The standard InChI is InChI=1S/C13H12BrFN2O/c14-12-5-4-11(6-13(12)15)18-8-10-3-1-2-9(7-16)17-10/h1-6H,7-8,16H2. The molecule has 0 saturated heterocycles. The first-order chi connectivity index (χ1) is 8.69. The van der Waals surface area contributed by atoms with Gasteiger partial charge in [-0.3, -0.25) is 4.98 Å². The molecule has 0 amide bonds. The first-order valence-corrected chi connectivity index (χ1v) is 6.21. The van der Waals surface area contributed by atoms with Gasteiger partial charge in [0.15, 0.2) is 0 Å². The lowest BCUT2D eigenvalue weighted by molar-refractivity contribution is 0.299. The van der Waals surface area contributed by atoms with Crippen LogP contribution in [0.15, 0.2) is 40.9 Å². The van der Waals surface area contributed by atoms with Gasteiger partial charge in [-0.1, -0.05) is 6.07 Å². The van der Waals surface area contributed by atoms with Crippen LogP contribution < -0.4 is 10.5 Å². The smallest absolute Gasteiger partial charge is 0.141 e. The van der Waals surface area contributed by atoms with Crippen molar-refractivity contribution in [1.82, 2.24) is 4.98 Å². The summed E-state index contributed by atoms with van der Waals surface area (Å²) in [4.78, 5) is 4.29. The Balaban J connectivity index is 2.04. The Morgan fingerprint density at radius 3 is 2.72 bits per heavy atom. The minimum absolute atomic E-state index is 0.287. The summed E-state index contributed by atoms with van der Waals surface area (Å²) in [6.45, 7) is 0.676. The van der Waals surface area contributed by atoms with E-state index in [0.29, 0.717) is 16.8 Å². The average Bonchev–Trinajstić information content (AvgIpc) is 2.40. The Morgan fingerprint density at radius 1 is 1.22 bits per heavy atom. The van der Waals surface area contributed by atoms with Crippen molar-refractivity contribution < 1.29 is 9.13 Å². The summed E-state index contributed by atoms with van der Waals surface area (Å²) in [6, 6.07) is 10.2. The third-order valence-electron chi connectivity index (χ3n) is 2.35. The zero-order chi connectivity index (χ0) is 13.0. The van der Waals surface area contributed by atoms with Crippen LogP contribution in [0, 0.1) is 5.82 Å². The van der Waals surface area contributed by atoms with Gasteiger partial charge in [-0.25, -0.2) is 4.39 Å². The van der Waals surface area contributed by atoms with E-state index in [2.05, 4.69) is 20.9 Å². The van der Waals surface area contributed by atoms with Crippen LogP contribution in [0.3, 0.4) is 0 Å². The first kappa shape index (κ1) is 13.0. The number of hydrogen-bond donors (Lipinski definition) is 1. The van der Waals surface area contributed by atoms with Gasteiger partial charge in [0.1, 0.15) is 18.2 Å². The SMILES string of the molecule is NCc1cccc(COc2ccc(Br)c(F)c2)n1. The predicted molar refractivity (Wildman–Crippen MR) is 70.6 cm³/mol. The van der Waals surface area contributed by atoms with Crippen molar-refractivity contribution in [2.75, 3.05) is 0 Å². The summed E-state index contributed by atoms with van der Waals surface area (Å²) in [6.07, 6.45) is 0. The van der Waals surface area contributed by atoms with E-state index in [1.54, 1.807) is 12.1 Å². The lowest BCUT2D eigenvalue weighted by atomic mass is 10.3. The second-order valence-corrected chi connectivity index (χ2v) is 4.54. The van der Waals surface area contributed by atoms with Gasteiger partial charge >= 0.3 is 0 Å². The number of aromatic nitrogens is 1. The third-order valence-corrected chi connectivity index (χ3v) is 2.99. The molecule has 2 aromatic rings. The van der Waals surface area contributed by atoms with Crippen molar-refractivity contribution in [2.45, 2.75) is 13.2 Å². The Hall–Kier alpha value is -1.46. The fourth-order valence-electron chi connectivity index (χ4n) is 1.45. The van der Waals surface area contributed by atoms with Crippen LogP contribution in [-0.4, -0.2) is 4.98 Å². The van der Waals surface area contributed by atoms with Gasteiger partial charge in [-0.05, 0) is 40.2 Å². The molecule has 0 aliphatic rings. The van der Waals surface area contributed by atoms with Crippen LogP contribution in [0.25, 0.3) is 0 Å². The van der Waals surface area contributed by atoms with Gasteiger partial charge < -0.3 is 10.5 Å². The fraction of sp³-hybridized carbons (Fsp3) is 0.154. The van der Waals surface area contributed by atoms with Gasteiger partial charge in [0, 0.05) is 12.6 Å². The largest absolute Gasteiger partial charge is 0.487 e. The van der Waals surface area contributed by atoms with E-state index in [9.17, 15) is 4.39 Å². The Morgan fingerprint density at radius 2 is 2.00 bits per heavy atom. The summed E-state index contributed by atoms with van der Waals surface area (Å²) in [7, 11) is 0. The molecular weight excluding hydrogens is 299 g/mol. The molecule has 0 spiro atoms. The fourth-order valence-corrected chi connectivity index (χ4v) is 1.69. The van der Waals surface area contributed by atoms with E-state index in [1.807, 2.05) is 18.2 Å². The molecule has 3 nitrogen and oxygen atoms in total. The normalized spacial score (nSPS) is 10.4. The minimum Gasteiger partial charge on any atom is -0.487 e. The highest BCUT2D eigenvalue weighted by atomic mass is 79.9. The van der Waals surface area contributed by atoms with Crippen molar-refractivity contribution in [3.05, 3.63) is 58.1 Å². The van der Waals surface area contributed by atoms with Crippen LogP contribution in [-0.2, 0) is 13.2 Å². The molecule has 2 N–H and O–H groups in total. The van der Waals surface area contributed by atoms with Crippen molar-refractivity contribution in [3.8, 4) is 5.75 Å². The molecule has 1 aromatic carbocycles. The topological polar surface area (TPSA) is 48.1 Å². The molecule has 0 bridgehead atoms. The van der Waals surface area contributed by atoms with Gasteiger partial charge in [-0.15, -0.1) is 0 Å². The zero-order valence-corrected chi connectivity index (χ0v) is 11.2. The molecular formula is C13H12BrFN2O. The van der Waals surface area contributed by atoms with E-state index in [-0.39, 0.29) is 12.4 Å². The number of halogens is 2. The maximum atomic E-state index is 13.3. The quantitative estimate of drug-likeness (QED) is 0.944. The van der Waals surface area contributed by atoms with Crippen LogP contribution >= 0.6 is 15.9 Å². The molecule has 1 aromatic heterocycles. The molecule has 0 atom stereocenters. The molecule has 0 saturated carbocycles. The van der Waals surface area contributed by atoms with Crippen LogP contribution in [0.2, 0.25) is 0 Å². The molecule has 2 rings (SSSR count). The maximum Gasteiger partial charge on any atom is 0.141 e. The van der Waals surface area contributed by atoms with Crippen molar-refractivity contribution >= 4 is 15.9 Å². The molecule has 94 valence electrons. The monoisotopic (exact) mass is 310 g/mol. The number of nitrogens with zero attached hydrogens (tertiary/aromatic N) is 1. The molecule has 0 fully saturated rings. The Bertz CT molecular complexity index is 548. The van der Waals surface area contributed by atoms with Gasteiger partial charge in [0.2, 0.25) is 0 Å². The number of hydrogen-bond acceptors (Lipinski definition) is 3. The van der Waals surface area contributed by atoms with Crippen molar-refractivity contribution in [3.63, 3.8) is 0 Å². The molecule has 0 aliphatic carbocycles. The van der Waals surface area contributed by atoms with Gasteiger partial charge in [0.25, 0.3) is 0 Å². The highest BCUT2D eigenvalue weighted by Gasteiger charge is 2.03. The van der Waals surface area contributed by atoms with Gasteiger partial charge in [-0.2, -0.15) is 0 Å². The van der Waals surface area contributed by atoms with Gasteiger partial charge in [0.05, 0.1) is 15.9 Å². The van der Waals surface area contributed by atoms with E-state index in [0.717, 1.165) is 11.4 Å². The summed E-state index contributed by atoms with van der Waals surface area (Å²) in [5.74, 6) is 0.117. The number of rotatable bonds is 4. The summed E-state index contributed by atoms with van der Waals surface area (Å²) >= 11 is 3.09. The molecule has 1 heterocycles. The number of ether oxygens (including phenoxy) is 1. The summed E-state index contributed by atoms with van der Waals surface area (Å²) in [5, 5.41) is 0. The lowest BCUT2D eigenvalue weighted by Crippen LogP contribution is -2.04. The number of benzene rings is 1. The second-order valence-electron chi connectivity index (χ2n) is 3.69. The highest BCUT2D eigenvalue weighted by Crippen LogP contribution is 2.21. The lowest BCUT2D eigenvalue weighted by Gasteiger charge is -2.07. The summed E-state index contributed by atoms with van der Waals surface area (Å²) < 4.78 is 19.1. The van der Waals surface area contributed by atoms with E-state index in [4.69, 9.17) is 10.5 Å². The van der Waals surface area contributed by atoms with Crippen molar-refractivity contribution in [1.29, 1.82) is 0 Å². The summed E-state index contributed by atoms with van der Waals surface area (Å²) in [5.41, 5.74) is 7.07. The Labute approximate surface area is 113 Å².